The van der Waals surface area contributed by atoms with Crippen LogP contribution in [-0.4, -0.2) is 5.48 Å². The van der Waals surface area contributed by atoms with E-state index in [0.717, 1.165) is 0 Å². The summed E-state index contributed by atoms with van der Waals surface area (Å²) < 4.78 is 16.2. The van der Waals surface area contributed by atoms with Crippen molar-refractivity contribution in [2.24, 2.45) is 0 Å². The SMILES string of the molecule is O.[Ni].[O]=[Ni].[O]=[Zn]. The molecule has 0 spiro atoms. The molecule has 0 fully saturated rings. The summed E-state index contributed by atoms with van der Waals surface area (Å²) in [5, 5.41) is 0. The molecule has 0 rings (SSSR count). The van der Waals surface area contributed by atoms with E-state index in [2.05, 4.69) is 15.4 Å². The van der Waals surface area contributed by atoms with Crippen molar-refractivity contribution in [3.63, 3.8) is 0 Å². The topological polar surface area (TPSA) is 65.6 Å². The quantitative estimate of drug-likeness (QED) is 0.500. The first-order chi connectivity index (χ1) is 2.00. The van der Waals surface area contributed by atoms with Gasteiger partial charge in [0.25, 0.3) is 0 Å². The predicted molar refractivity (Wildman–Crippen MR) is 4.99 cm³/mol. The van der Waals surface area contributed by atoms with Crippen molar-refractivity contribution in [3.05, 3.63) is 0 Å². The van der Waals surface area contributed by atoms with Gasteiger partial charge in [-0.2, -0.15) is 0 Å². The Morgan fingerprint density at radius 2 is 1.17 bits per heavy atom. The molecule has 0 saturated heterocycles. The fraction of sp³-hybridized carbons (Fsp3) is 0. The Morgan fingerprint density at radius 3 is 1.17 bits per heavy atom. The van der Waals surface area contributed by atoms with Crippen molar-refractivity contribution in [1.82, 2.24) is 0 Å². The monoisotopic (exact) mass is 230 g/mol. The molecule has 0 unspecified atom stereocenters. The van der Waals surface area contributed by atoms with Gasteiger partial charge in [0.2, 0.25) is 0 Å². The molecule has 0 bridgehead atoms. The second-order valence-electron chi connectivity index (χ2n) is 0. The van der Waals surface area contributed by atoms with Gasteiger partial charge in [0.05, 0.1) is 0 Å². The van der Waals surface area contributed by atoms with Gasteiger partial charge in [-0.05, 0) is 0 Å². The van der Waals surface area contributed by atoms with Crippen molar-refractivity contribution in [2.75, 3.05) is 0 Å². The summed E-state index contributed by atoms with van der Waals surface area (Å²) >= 11 is 2.75. The first-order valence-electron chi connectivity index (χ1n) is 0.418. The Balaban J connectivity index is -0.00000000500. The van der Waals surface area contributed by atoms with Gasteiger partial charge >= 0.3 is 41.1 Å². The molecule has 0 aliphatic heterocycles. The predicted octanol–water partition coefficient (Wildman–Crippen LogP) is -1.07. The van der Waals surface area contributed by atoms with Crippen LogP contribution in [0.15, 0.2) is 0 Å². The third-order valence-electron chi connectivity index (χ3n) is 0. The molecule has 0 radical (unpaired) electrons. The summed E-state index contributed by atoms with van der Waals surface area (Å²) in [5.41, 5.74) is 0. The van der Waals surface area contributed by atoms with Crippen molar-refractivity contribution in [1.29, 1.82) is 0 Å². The van der Waals surface area contributed by atoms with Crippen LogP contribution in [0.2, 0.25) is 0 Å². The van der Waals surface area contributed by atoms with Gasteiger partial charge in [0.15, 0.2) is 0 Å². The molecule has 0 atom stereocenters. The molecule has 3 nitrogen and oxygen atoms in total. The molecule has 0 aromatic carbocycles. The molecule has 0 heterocycles. The van der Waals surface area contributed by atoms with E-state index < -0.39 is 0 Å². The van der Waals surface area contributed by atoms with E-state index in [4.69, 9.17) is 7.47 Å². The van der Waals surface area contributed by atoms with Gasteiger partial charge in [-0.1, -0.05) is 0 Å². The van der Waals surface area contributed by atoms with Crippen LogP contribution in [0.3, 0.4) is 0 Å². The fourth-order valence-electron chi connectivity index (χ4n) is 0. The van der Waals surface area contributed by atoms with E-state index in [0.29, 0.717) is 0 Å². The molecule has 2 N–H and O–H groups in total. The van der Waals surface area contributed by atoms with Gasteiger partial charge in [-0.3, -0.25) is 0 Å². The van der Waals surface area contributed by atoms with Gasteiger partial charge < -0.3 is 5.48 Å². The number of hydrogen-bond acceptors (Lipinski definition) is 2. The average molecular weight is 233 g/mol. The van der Waals surface area contributed by atoms with Gasteiger partial charge in [-0.25, -0.2) is 0 Å². The maximum atomic E-state index is 8.38. The fourth-order valence-corrected chi connectivity index (χ4v) is 0. The zero-order valence-corrected chi connectivity index (χ0v) is 7.60. The van der Waals surface area contributed by atoms with E-state index >= 15 is 0 Å². The van der Waals surface area contributed by atoms with Crippen LogP contribution in [0, 0.1) is 0 Å². The van der Waals surface area contributed by atoms with Crippen molar-refractivity contribution in [2.45, 2.75) is 0 Å². The minimum atomic E-state index is 0. The van der Waals surface area contributed by atoms with Crippen LogP contribution >= 0.6 is 0 Å². The first kappa shape index (κ1) is 27.2. The van der Waals surface area contributed by atoms with E-state index in [9.17, 15) is 0 Å². The van der Waals surface area contributed by atoms with Gasteiger partial charge in [-0.15, -0.1) is 0 Å². The minimum absolute atomic E-state index is 0. The summed E-state index contributed by atoms with van der Waals surface area (Å²) in [7, 11) is 0. The number of rotatable bonds is 0. The first-order valence-corrected chi connectivity index (χ1v) is 2.03. The van der Waals surface area contributed by atoms with Crippen LogP contribution in [0.1, 0.15) is 0 Å². The van der Waals surface area contributed by atoms with Crippen LogP contribution in [0.5, 0.6) is 0 Å². The third-order valence-corrected chi connectivity index (χ3v) is 0. The molecular formula is H2Ni2O3Zn. The van der Waals surface area contributed by atoms with Crippen LogP contribution in [-0.2, 0) is 57.6 Å². The molecule has 0 aromatic rings. The molecular weight excluding hydrogens is 231 g/mol. The molecule has 0 aromatic heterocycles. The van der Waals surface area contributed by atoms with E-state index in [1.165, 1.54) is 0 Å². The van der Waals surface area contributed by atoms with E-state index in [-0.39, 0.29) is 40.2 Å². The zero-order chi connectivity index (χ0) is 4.00. The summed E-state index contributed by atoms with van der Waals surface area (Å²) in [6.45, 7) is 0. The maximum absolute atomic E-state index is 8.38. The van der Waals surface area contributed by atoms with Crippen molar-refractivity contribution >= 4 is 0 Å². The second-order valence-corrected chi connectivity index (χ2v) is 0. The normalized spacial score (nSPS) is 2.00. The third kappa shape index (κ3) is 65.6. The van der Waals surface area contributed by atoms with Crippen LogP contribution in [0.25, 0.3) is 0 Å². The molecule has 0 aliphatic carbocycles. The Kier molecular flexibility index (Phi) is 545. The average Bonchev–Trinajstić information content (AvgIpc) is 1.50. The summed E-state index contributed by atoms with van der Waals surface area (Å²) in [4.78, 5) is 0. The van der Waals surface area contributed by atoms with Crippen LogP contribution < -0.4 is 0 Å². The van der Waals surface area contributed by atoms with Gasteiger partial charge in [0.1, 0.15) is 0 Å². The molecule has 42 valence electrons. The van der Waals surface area contributed by atoms with Crippen molar-refractivity contribution in [3.8, 4) is 0 Å². The second kappa shape index (κ2) is 120. The molecule has 0 saturated carbocycles. The van der Waals surface area contributed by atoms with E-state index in [1.807, 2.05) is 0 Å². The zero-order valence-electron chi connectivity index (χ0n) is 2.66. The Morgan fingerprint density at radius 1 is 1.17 bits per heavy atom. The summed E-state index contributed by atoms with van der Waals surface area (Å²) in [5.74, 6) is 0. The van der Waals surface area contributed by atoms with Gasteiger partial charge in [0, 0.05) is 16.5 Å². The Labute approximate surface area is 63.0 Å². The molecule has 0 aliphatic rings. The standard InChI is InChI=1S/2Ni.H2O.2O.Zn/h;;1H2;;;. The summed E-state index contributed by atoms with van der Waals surface area (Å²) in [6, 6.07) is 0. The Hall–Kier alpha value is 1.17. The number of hydrogen-bond donors (Lipinski definition) is 0. The van der Waals surface area contributed by atoms with Crippen LogP contribution in [0.4, 0.5) is 0 Å². The molecule has 6 heavy (non-hydrogen) atoms. The Bertz CT molecular complexity index is 10.8. The molecule has 6 heteroatoms. The summed E-state index contributed by atoms with van der Waals surface area (Å²) in [6.07, 6.45) is 0. The van der Waals surface area contributed by atoms with Crippen molar-refractivity contribution < 1.29 is 63.1 Å². The van der Waals surface area contributed by atoms with E-state index in [1.54, 1.807) is 0 Å². The molecule has 0 amide bonds.